The summed E-state index contributed by atoms with van der Waals surface area (Å²) < 4.78 is 5.03. The topological polar surface area (TPSA) is 67.4 Å². The molecule has 0 saturated heterocycles. The molecule has 0 aliphatic carbocycles. The van der Waals surface area contributed by atoms with E-state index in [1.54, 1.807) is 43.3 Å². The van der Waals surface area contributed by atoms with Gasteiger partial charge >= 0.3 is 5.97 Å². The summed E-state index contributed by atoms with van der Waals surface area (Å²) in [6.45, 7) is 2.09. The maximum Gasteiger partial charge on any atom is 0.338 e. The van der Waals surface area contributed by atoms with Crippen molar-refractivity contribution in [2.45, 2.75) is 6.92 Å². The fraction of sp³-hybridized carbons (Fsp3) is 0.0833. The van der Waals surface area contributed by atoms with Crippen molar-refractivity contribution < 1.29 is 14.3 Å². The number of rotatable bonds is 5. The number of amides is 1. The summed E-state index contributed by atoms with van der Waals surface area (Å²) in [5, 5.41) is 6.79. The van der Waals surface area contributed by atoms with E-state index in [9.17, 15) is 9.59 Å². The Hall–Kier alpha value is -3.57. The minimum absolute atomic E-state index is 0.207. The van der Waals surface area contributed by atoms with Crippen LogP contribution >= 0.6 is 11.6 Å². The first kappa shape index (κ1) is 19.7. The number of ether oxygens (including phenoxy) is 1. The van der Waals surface area contributed by atoms with E-state index in [4.69, 9.17) is 16.3 Å². The Morgan fingerprint density at radius 1 is 1.00 bits per heavy atom. The van der Waals surface area contributed by atoms with Crippen LogP contribution in [-0.4, -0.2) is 18.5 Å². The average Bonchev–Trinajstić information content (AvgIpc) is 3.08. The van der Waals surface area contributed by atoms with Crippen molar-refractivity contribution in [3.63, 3.8) is 0 Å². The number of anilines is 2. The van der Waals surface area contributed by atoms with Crippen molar-refractivity contribution in [1.82, 2.24) is 0 Å². The van der Waals surface area contributed by atoms with Gasteiger partial charge in [0.2, 0.25) is 0 Å². The van der Waals surface area contributed by atoms with E-state index in [1.807, 2.05) is 36.4 Å². The predicted octanol–water partition coefficient (Wildman–Crippen LogP) is 5.45. The molecule has 30 heavy (non-hydrogen) atoms. The molecule has 0 bridgehead atoms. The quantitative estimate of drug-likeness (QED) is 0.427. The summed E-state index contributed by atoms with van der Waals surface area (Å²) >= 11 is 6.09. The van der Waals surface area contributed by atoms with Crippen molar-refractivity contribution >= 4 is 46.1 Å². The maximum atomic E-state index is 12.8. The maximum absolute atomic E-state index is 12.8. The van der Waals surface area contributed by atoms with E-state index < -0.39 is 0 Å². The number of nitrogens with one attached hydrogen (secondary N) is 2. The third-order valence-corrected chi connectivity index (χ3v) is 4.94. The van der Waals surface area contributed by atoms with Crippen molar-refractivity contribution in [1.29, 1.82) is 0 Å². The summed E-state index contributed by atoms with van der Waals surface area (Å²) in [5.74, 6) is -0.576. The monoisotopic (exact) mass is 418 g/mol. The number of halogens is 1. The molecule has 0 saturated carbocycles. The molecule has 6 heteroatoms. The first-order chi connectivity index (χ1) is 14.6. The first-order valence-corrected chi connectivity index (χ1v) is 9.90. The number of carbonyl (C=O) groups is 2. The van der Waals surface area contributed by atoms with Crippen LogP contribution in [0.3, 0.4) is 0 Å². The largest absolute Gasteiger partial charge is 0.462 e. The number of benzene rings is 3. The normalized spacial score (nSPS) is 14.0. The van der Waals surface area contributed by atoms with E-state index in [0.717, 1.165) is 16.8 Å². The summed E-state index contributed by atoms with van der Waals surface area (Å²) in [4.78, 5) is 24.8. The lowest BCUT2D eigenvalue weighted by Crippen LogP contribution is -2.10. The van der Waals surface area contributed by atoms with E-state index in [0.29, 0.717) is 34.2 Å². The van der Waals surface area contributed by atoms with Gasteiger partial charge in [0.25, 0.3) is 5.91 Å². The highest BCUT2D eigenvalue weighted by molar-refractivity contribution is 6.38. The van der Waals surface area contributed by atoms with Gasteiger partial charge in [-0.15, -0.1) is 0 Å². The minimum atomic E-state index is -0.369. The number of carbonyl (C=O) groups excluding carboxylic acids is 2. The predicted molar refractivity (Wildman–Crippen MR) is 119 cm³/mol. The van der Waals surface area contributed by atoms with Gasteiger partial charge in [-0.25, -0.2) is 4.79 Å². The molecular weight excluding hydrogens is 400 g/mol. The van der Waals surface area contributed by atoms with Crippen molar-refractivity contribution in [3.8, 4) is 0 Å². The van der Waals surface area contributed by atoms with Crippen molar-refractivity contribution in [2.24, 2.45) is 0 Å². The average molecular weight is 419 g/mol. The number of hydrogen-bond acceptors (Lipinski definition) is 4. The van der Waals surface area contributed by atoms with Crippen LogP contribution < -0.4 is 10.6 Å². The Bertz CT molecular complexity index is 1140. The highest BCUT2D eigenvalue weighted by Crippen LogP contribution is 2.38. The molecule has 0 aromatic heterocycles. The molecule has 2 N–H and O–H groups in total. The minimum Gasteiger partial charge on any atom is -0.462 e. The van der Waals surface area contributed by atoms with Gasteiger partial charge in [-0.3, -0.25) is 4.79 Å². The summed E-state index contributed by atoms with van der Waals surface area (Å²) in [7, 11) is 0. The van der Waals surface area contributed by atoms with Crippen LogP contribution in [-0.2, 0) is 9.53 Å². The first-order valence-electron chi connectivity index (χ1n) is 9.52. The molecule has 0 unspecified atom stereocenters. The molecule has 1 aliphatic heterocycles. The zero-order valence-electron chi connectivity index (χ0n) is 16.2. The Morgan fingerprint density at radius 3 is 2.43 bits per heavy atom. The second-order valence-electron chi connectivity index (χ2n) is 6.68. The van der Waals surface area contributed by atoms with Crippen LogP contribution in [0.4, 0.5) is 11.4 Å². The van der Waals surface area contributed by atoms with Crippen LogP contribution in [0.1, 0.15) is 28.4 Å². The number of esters is 1. The lowest BCUT2D eigenvalue weighted by atomic mass is 10.00. The van der Waals surface area contributed by atoms with Crippen LogP contribution in [0.2, 0.25) is 5.02 Å². The van der Waals surface area contributed by atoms with Crippen LogP contribution in [0.15, 0.2) is 72.8 Å². The van der Waals surface area contributed by atoms with Gasteiger partial charge in [-0.1, -0.05) is 48.0 Å². The van der Waals surface area contributed by atoms with Crippen LogP contribution in [0.25, 0.3) is 11.3 Å². The molecule has 1 aliphatic rings. The fourth-order valence-corrected chi connectivity index (χ4v) is 3.50. The summed E-state index contributed by atoms with van der Waals surface area (Å²) in [5.41, 5.74) is 4.72. The lowest BCUT2D eigenvalue weighted by molar-refractivity contribution is -0.110. The van der Waals surface area contributed by atoms with E-state index in [2.05, 4.69) is 10.6 Å². The van der Waals surface area contributed by atoms with E-state index in [1.165, 1.54) is 0 Å². The third kappa shape index (κ3) is 3.93. The highest BCUT2D eigenvalue weighted by atomic mass is 35.5. The molecular formula is C24H19ClN2O3. The molecule has 3 aromatic rings. The SMILES string of the molecule is CCOC(=O)c1ccc(N/C(=C2\C(=O)Nc3cc(Cl)ccc32)c2ccccc2)cc1. The Labute approximate surface area is 179 Å². The molecule has 5 nitrogen and oxygen atoms in total. The van der Waals surface area contributed by atoms with Gasteiger partial charge < -0.3 is 15.4 Å². The van der Waals surface area contributed by atoms with Crippen molar-refractivity contribution in [2.75, 3.05) is 17.2 Å². The van der Waals surface area contributed by atoms with Crippen LogP contribution in [0, 0.1) is 0 Å². The van der Waals surface area contributed by atoms with Gasteiger partial charge in [0.1, 0.15) is 0 Å². The summed E-state index contributed by atoms with van der Waals surface area (Å²) in [6, 6.07) is 21.9. The standard InChI is InChI=1S/C24H19ClN2O3/c1-2-30-24(29)16-8-11-18(12-9-16)26-22(15-6-4-3-5-7-15)21-19-13-10-17(25)14-20(19)27-23(21)28/h3-14,26H,2H2,1H3,(H,27,28)/b22-21-. The number of fused-ring (bicyclic) bond motifs is 1. The Balaban J connectivity index is 1.77. The van der Waals surface area contributed by atoms with Crippen molar-refractivity contribution in [3.05, 3.63) is 94.5 Å². The van der Waals surface area contributed by atoms with Gasteiger partial charge in [-0.05, 0) is 48.9 Å². The fourth-order valence-electron chi connectivity index (χ4n) is 3.33. The van der Waals surface area contributed by atoms with Gasteiger partial charge in [-0.2, -0.15) is 0 Å². The van der Waals surface area contributed by atoms with Gasteiger partial charge in [0, 0.05) is 16.3 Å². The highest BCUT2D eigenvalue weighted by Gasteiger charge is 2.28. The van der Waals surface area contributed by atoms with Crippen LogP contribution in [0.5, 0.6) is 0 Å². The molecule has 1 amide bonds. The van der Waals surface area contributed by atoms with E-state index >= 15 is 0 Å². The van der Waals surface area contributed by atoms with Gasteiger partial charge in [0.05, 0.1) is 29.1 Å². The lowest BCUT2D eigenvalue weighted by Gasteiger charge is -2.15. The molecule has 0 fully saturated rings. The Morgan fingerprint density at radius 2 is 1.73 bits per heavy atom. The molecule has 1 heterocycles. The number of hydrogen-bond donors (Lipinski definition) is 2. The summed E-state index contributed by atoms with van der Waals surface area (Å²) in [6.07, 6.45) is 0. The molecule has 0 spiro atoms. The molecule has 0 radical (unpaired) electrons. The molecule has 4 rings (SSSR count). The smallest absolute Gasteiger partial charge is 0.338 e. The zero-order chi connectivity index (χ0) is 21.1. The van der Waals surface area contributed by atoms with Gasteiger partial charge in [0.15, 0.2) is 0 Å². The molecule has 0 atom stereocenters. The second kappa shape index (κ2) is 8.43. The molecule has 3 aromatic carbocycles. The third-order valence-electron chi connectivity index (χ3n) is 4.70. The molecule has 150 valence electrons. The zero-order valence-corrected chi connectivity index (χ0v) is 17.0. The Kier molecular flexibility index (Phi) is 5.55. The van der Waals surface area contributed by atoms with E-state index in [-0.39, 0.29) is 11.9 Å². The second-order valence-corrected chi connectivity index (χ2v) is 7.12.